The van der Waals surface area contributed by atoms with Crippen molar-refractivity contribution >= 4 is 5.91 Å². The molecule has 0 aliphatic carbocycles. The number of carbonyl (C=O) groups is 1. The maximum Gasteiger partial charge on any atom is 0.258 e. The summed E-state index contributed by atoms with van der Waals surface area (Å²) in [5, 5.41) is 3.08. The van der Waals surface area contributed by atoms with Crippen LogP contribution in [-0.2, 0) is 4.79 Å². The van der Waals surface area contributed by atoms with Gasteiger partial charge in [0.15, 0.2) is 6.61 Å². The van der Waals surface area contributed by atoms with Crippen molar-refractivity contribution in [1.82, 2.24) is 5.32 Å². The van der Waals surface area contributed by atoms with E-state index in [1.165, 1.54) is 0 Å². The smallest absolute Gasteiger partial charge is 0.258 e. The molecular formula is C21H27NO3. The van der Waals surface area contributed by atoms with Crippen molar-refractivity contribution in [3.8, 4) is 11.5 Å². The average molecular weight is 341 g/mol. The molecule has 0 aromatic heterocycles. The summed E-state index contributed by atoms with van der Waals surface area (Å²) < 4.78 is 10.8. The lowest BCUT2D eigenvalue weighted by molar-refractivity contribution is -0.124. The van der Waals surface area contributed by atoms with Crippen LogP contribution < -0.4 is 14.8 Å². The Morgan fingerprint density at radius 3 is 2.40 bits per heavy atom. The summed E-state index contributed by atoms with van der Waals surface area (Å²) in [6.45, 7) is 6.29. The zero-order valence-corrected chi connectivity index (χ0v) is 15.4. The van der Waals surface area contributed by atoms with E-state index in [4.69, 9.17) is 9.47 Å². The summed E-state index contributed by atoms with van der Waals surface area (Å²) >= 11 is 0. The number of benzene rings is 2. The van der Waals surface area contributed by atoms with Crippen molar-refractivity contribution in [3.05, 3.63) is 59.7 Å². The van der Waals surface area contributed by atoms with Gasteiger partial charge in [-0.3, -0.25) is 4.79 Å². The predicted molar refractivity (Wildman–Crippen MR) is 100 cm³/mol. The number of aryl methyl sites for hydroxylation is 1. The number of hydrogen-bond donors (Lipinski definition) is 1. The van der Waals surface area contributed by atoms with Crippen LogP contribution in [-0.4, -0.2) is 19.6 Å². The molecule has 0 heterocycles. The van der Waals surface area contributed by atoms with Crippen molar-refractivity contribution in [2.24, 2.45) is 5.92 Å². The molecule has 1 amide bonds. The van der Waals surface area contributed by atoms with Gasteiger partial charge in [-0.2, -0.15) is 0 Å². The van der Waals surface area contributed by atoms with Gasteiger partial charge in [0, 0.05) is 0 Å². The molecule has 2 aromatic carbocycles. The van der Waals surface area contributed by atoms with Crippen LogP contribution in [0.4, 0.5) is 0 Å². The summed E-state index contributed by atoms with van der Waals surface area (Å²) in [6.07, 6.45) is 0.864. The molecule has 4 nitrogen and oxygen atoms in total. The third-order valence-electron chi connectivity index (χ3n) is 3.92. The molecule has 25 heavy (non-hydrogen) atoms. The van der Waals surface area contributed by atoms with Crippen LogP contribution in [0.3, 0.4) is 0 Å². The number of methoxy groups -OCH3 is 1. The topological polar surface area (TPSA) is 47.6 Å². The second kappa shape index (κ2) is 9.11. The molecule has 1 N–H and O–H groups in total. The monoisotopic (exact) mass is 341 g/mol. The van der Waals surface area contributed by atoms with E-state index in [9.17, 15) is 4.79 Å². The number of ether oxygens (including phenoxy) is 2. The fourth-order valence-electron chi connectivity index (χ4n) is 2.68. The Kier molecular flexibility index (Phi) is 6.87. The second-order valence-corrected chi connectivity index (χ2v) is 6.63. The van der Waals surface area contributed by atoms with Crippen molar-refractivity contribution in [2.45, 2.75) is 33.2 Å². The molecule has 0 fully saturated rings. The van der Waals surface area contributed by atoms with Crippen LogP contribution in [0, 0.1) is 12.8 Å². The van der Waals surface area contributed by atoms with E-state index in [-0.39, 0.29) is 18.6 Å². The van der Waals surface area contributed by atoms with Crippen molar-refractivity contribution < 1.29 is 14.3 Å². The quantitative estimate of drug-likeness (QED) is 0.779. The van der Waals surface area contributed by atoms with Crippen LogP contribution in [0.25, 0.3) is 0 Å². The summed E-state index contributed by atoms with van der Waals surface area (Å²) in [7, 11) is 1.64. The van der Waals surface area contributed by atoms with Crippen LogP contribution in [0.1, 0.15) is 37.4 Å². The highest BCUT2D eigenvalue weighted by molar-refractivity contribution is 5.78. The van der Waals surface area contributed by atoms with Crippen LogP contribution in [0.2, 0.25) is 0 Å². The van der Waals surface area contributed by atoms with E-state index >= 15 is 0 Å². The molecule has 0 saturated carbocycles. The summed E-state index contributed by atoms with van der Waals surface area (Å²) in [5.74, 6) is 1.86. The summed E-state index contributed by atoms with van der Waals surface area (Å²) in [5.41, 5.74) is 2.17. The minimum Gasteiger partial charge on any atom is -0.497 e. The van der Waals surface area contributed by atoms with E-state index in [1.54, 1.807) is 7.11 Å². The molecule has 2 rings (SSSR count). The molecule has 0 spiro atoms. The highest BCUT2D eigenvalue weighted by atomic mass is 16.5. The van der Waals surface area contributed by atoms with Gasteiger partial charge < -0.3 is 14.8 Å². The maximum atomic E-state index is 12.3. The fraction of sp³-hybridized carbons (Fsp3) is 0.381. The summed E-state index contributed by atoms with van der Waals surface area (Å²) in [6, 6.07) is 15.5. The normalized spacial score (nSPS) is 11.9. The van der Waals surface area contributed by atoms with Gasteiger partial charge in [-0.15, -0.1) is 0 Å². The largest absolute Gasteiger partial charge is 0.497 e. The van der Waals surface area contributed by atoms with Gasteiger partial charge in [0.25, 0.3) is 5.91 Å². The molecule has 2 aromatic rings. The first-order valence-corrected chi connectivity index (χ1v) is 8.60. The zero-order chi connectivity index (χ0) is 18.2. The van der Waals surface area contributed by atoms with E-state index < -0.39 is 0 Å². The average Bonchev–Trinajstić information content (AvgIpc) is 2.59. The van der Waals surface area contributed by atoms with E-state index in [1.807, 2.05) is 55.5 Å². The van der Waals surface area contributed by atoms with E-state index in [0.717, 1.165) is 23.3 Å². The Bertz CT molecular complexity index is 680. The van der Waals surface area contributed by atoms with E-state index in [2.05, 4.69) is 19.2 Å². The molecule has 0 aliphatic rings. The molecule has 0 aliphatic heterocycles. The molecule has 0 radical (unpaired) electrons. The predicted octanol–water partition coefficient (Wildman–Crippen LogP) is 4.29. The van der Waals surface area contributed by atoms with Gasteiger partial charge in [-0.25, -0.2) is 0 Å². The first-order valence-electron chi connectivity index (χ1n) is 8.60. The Hall–Kier alpha value is -2.49. The molecule has 134 valence electrons. The molecule has 4 heteroatoms. The Balaban J connectivity index is 1.98. The first-order chi connectivity index (χ1) is 12.0. The lowest BCUT2D eigenvalue weighted by Gasteiger charge is -2.21. The SMILES string of the molecule is COc1ccc([C@@H](CC(C)C)NC(=O)COc2cccc(C)c2)cc1. The molecule has 1 atom stereocenters. The second-order valence-electron chi connectivity index (χ2n) is 6.63. The molecule has 0 unspecified atom stereocenters. The first kappa shape index (κ1) is 18.8. The van der Waals surface area contributed by atoms with Crippen molar-refractivity contribution in [2.75, 3.05) is 13.7 Å². The number of carbonyl (C=O) groups excluding carboxylic acids is 1. The van der Waals surface area contributed by atoms with Gasteiger partial charge in [-0.1, -0.05) is 38.1 Å². The number of amides is 1. The highest BCUT2D eigenvalue weighted by Gasteiger charge is 2.16. The van der Waals surface area contributed by atoms with Gasteiger partial charge >= 0.3 is 0 Å². The standard InChI is InChI=1S/C21H27NO3/c1-15(2)12-20(17-8-10-18(24-4)11-9-17)22-21(23)14-25-19-7-5-6-16(3)13-19/h5-11,13,15,20H,12,14H2,1-4H3,(H,22,23)/t20-/m1/s1. The van der Waals surface area contributed by atoms with Crippen molar-refractivity contribution in [1.29, 1.82) is 0 Å². The van der Waals surface area contributed by atoms with Gasteiger partial charge in [0.2, 0.25) is 0 Å². The Morgan fingerprint density at radius 2 is 1.80 bits per heavy atom. The van der Waals surface area contributed by atoms with E-state index in [0.29, 0.717) is 11.7 Å². The third-order valence-corrected chi connectivity index (χ3v) is 3.92. The van der Waals surface area contributed by atoms with Gasteiger partial charge in [0.1, 0.15) is 11.5 Å². The molecular weight excluding hydrogens is 314 g/mol. The third kappa shape index (κ3) is 6.14. The van der Waals surface area contributed by atoms with Crippen molar-refractivity contribution in [3.63, 3.8) is 0 Å². The Morgan fingerprint density at radius 1 is 1.08 bits per heavy atom. The summed E-state index contributed by atoms with van der Waals surface area (Å²) in [4.78, 5) is 12.3. The van der Waals surface area contributed by atoms with Gasteiger partial charge in [-0.05, 0) is 54.7 Å². The van der Waals surface area contributed by atoms with Crippen LogP contribution in [0.5, 0.6) is 11.5 Å². The molecule has 0 bridgehead atoms. The highest BCUT2D eigenvalue weighted by Crippen LogP contribution is 2.23. The number of rotatable bonds is 8. The Labute approximate surface area is 150 Å². The molecule has 0 saturated heterocycles. The minimum absolute atomic E-state index is 0.00814. The zero-order valence-electron chi connectivity index (χ0n) is 15.4. The maximum absolute atomic E-state index is 12.3. The van der Waals surface area contributed by atoms with Crippen LogP contribution >= 0.6 is 0 Å². The van der Waals surface area contributed by atoms with Gasteiger partial charge in [0.05, 0.1) is 13.2 Å². The lowest BCUT2D eigenvalue weighted by Crippen LogP contribution is -2.33. The van der Waals surface area contributed by atoms with Crippen LogP contribution in [0.15, 0.2) is 48.5 Å². The fourth-order valence-corrected chi connectivity index (χ4v) is 2.68. The minimum atomic E-state index is -0.122. The number of hydrogen-bond acceptors (Lipinski definition) is 3. The number of nitrogens with one attached hydrogen (secondary N) is 1. The lowest BCUT2D eigenvalue weighted by atomic mass is 9.97.